The zero-order valence-corrected chi connectivity index (χ0v) is 17.8. The first-order valence-corrected chi connectivity index (χ1v) is 9.78. The van der Waals surface area contributed by atoms with Crippen molar-refractivity contribution < 1.29 is 18.4 Å². The fourth-order valence-corrected chi connectivity index (χ4v) is 3.60. The van der Waals surface area contributed by atoms with E-state index in [4.69, 9.17) is 0 Å². The summed E-state index contributed by atoms with van der Waals surface area (Å²) in [5.74, 6) is -1.91. The summed E-state index contributed by atoms with van der Waals surface area (Å²) in [6.45, 7) is 7.24. The second-order valence-electron chi connectivity index (χ2n) is 8.67. The third-order valence-electron chi connectivity index (χ3n) is 5.18. The number of carbonyl (C=O) groups is 2. The van der Waals surface area contributed by atoms with Gasteiger partial charge in [-0.15, -0.1) is 0 Å². The molecule has 1 unspecified atom stereocenters. The van der Waals surface area contributed by atoms with Crippen molar-refractivity contribution in [3.63, 3.8) is 0 Å². The molecule has 162 valence electrons. The van der Waals surface area contributed by atoms with Gasteiger partial charge >= 0.3 is 0 Å². The molecular formula is C21H27F2N5O2. The maximum atomic E-state index is 13.8. The molecule has 0 saturated heterocycles. The molecule has 0 spiro atoms. The lowest BCUT2D eigenvalue weighted by Crippen LogP contribution is -2.53. The van der Waals surface area contributed by atoms with Crippen LogP contribution >= 0.6 is 0 Å². The van der Waals surface area contributed by atoms with Crippen molar-refractivity contribution in [2.24, 2.45) is 5.41 Å². The molecule has 0 bridgehead atoms. The van der Waals surface area contributed by atoms with E-state index in [0.29, 0.717) is 31.2 Å². The summed E-state index contributed by atoms with van der Waals surface area (Å²) in [5.41, 5.74) is 0.529. The smallest absolute Gasteiger partial charge is 0.272 e. The summed E-state index contributed by atoms with van der Waals surface area (Å²) in [6.07, 6.45) is 0. The predicted octanol–water partition coefficient (Wildman–Crippen LogP) is 2.16. The van der Waals surface area contributed by atoms with Gasteiger partial charge in [0.1, 0.15) is 23.5 Å². The highest BCUT2D eigenvalue weighted by Gasteiger charge is 2.35. The average molecular weight is 419 g/mol. The predicted molar refractivity (Wildman–Crippen MR) is 109 cm³/mol. The first-order valence-electron chi connectivity index (χ1n) is 9.78. The van der Waals surface area contributed by atoms with Crippen LogP contribution in [-0.2, 0) is 17.9 Å². The number of hydrogen-bond donors (Lipinski definition) is 2. The molecule has 1 aliphatic heterocycles. The van der Waals surface area contributed by atoms with E-state index < -0.39 is 29.0 Å². The molecule has 9 heteroatoms. The number of nitrogens with zero attached hydrogens (tertiary/aromatic N) is 3. The summed E-state index contributed by atoms with van der Waals surface area (Å²) < 4.78 is 29.4. The van der Waals surface area contributed by atoms with Crippen LogP contribution in [0.3, 0.4) is 0 Å². The first-order chi connectivity index (χ1) is 14.0. The molecular weight excluding hydrogens is 392 g/mol. The largest absolute Gasteiger partial charge is 0.357 e. The number of aromatic nitrogens is 2. The number of halogens is 2. The summed E-state index contributed by atoms with van der Waals surface area (Å²) in [4.78, 5) is 32.0. The van der Waals surface area contributed by atoms with Gasteiger partial charge in [-0.1, -0.05) is 20.8 Å². The Bertz CT molecular complexity index is 960. The van der Waals surface area contributed by atoms with Crippen molar-refractivity contribution in [2.75, 3.05) is 20.6 Å². The zero-order chi connectivity index (χ0) is 22.2. The Morgan fingerprint density at radius 2 is 1.77 bits per heavy atom. The lowest BCUT2D eigenvalue weighted by molar-refractivity contribution is -0.124. The second kappa shape index (κ2) is 8.14. The van der Waals surface area contributed by atoms with E-state index in [1.807, 2.05) is 37.3 Å². The van der Waals surface area contributed by atoms with Crippen molar-refractivity contribution in [3.8, 4) is 11.4 Å². The van der Waals surface area contributed by atoms with Gasteiger partial charge in [-0.05, 0) is 24.6 Å². The van der Waals surface area contributed by atoms with Crippen molar-refractivity contribution in [2.45, 2.75) is 39.9 Å². The Labute approximate surface area is 174 Å². The number of hydrogen-bond acceptors (Lipinski definition) is 4. The van der Waals surface area contributed by atoms with Crippen LogP contribution in [0.2, 0.25) is 0 Å². The fraction of sp³-hybridized carbons (Fsp3) is 0.476. The van der Waals surface area contributed by atoms with Crippen LogP contribution in [0.15, 0.2) is 18.2 Å². The van der Waals surface area contributed by atoms with Gasteiger partial charge in [0, 0.05) is 38.3 Å². The van der Waals surface area contributed by atoms with E-state index in [2.05, 4.69) is 15.6 Å². The zero-order valence-electron chi connectivity index (χ0n) is 17.8. The number of benzene rings is 1. The van der Waals surface area contributed by atoms with Crippen LogP contribution in [0, 0.1) is 17.0 Å². The molecule has 7 nitrogen and oxygen atoms in total. The topological polar surface area (TPSA) is 79.3 Å². The Hall–Kier alpha value is -2.81. The Kier molecular flexibility index (Phi) is 5.94. The van der Waals surface area contributed by atoms with Gasteiger partial charge in [0.05, 0.1) is 5.69 Å². The summed E-state index contributed by atoms with van der Waals surface area (Å²) >= 11 is 0. The molecule has 2 aromatic rings. The lowest BCUT2D eigenvalue weighted by atomic mass is 9.86. The number of carbonyl (C=O) groups excluding carboxylic acids is 2. The van der Waals surface area contributed by atoms with E-state index in [1.165, 1.54) is 19.2 Å². The summed E-state index contributed by atoms with van der Waals surface area (Å²) in [6, 6.07) is 2.41. The van der Waals surface area contributed by atoms with Crippen LogP contribution in [0.5, 0.6) is 0 Å². The SMILES string of the molecule is CNC(=O)C(NC(=O)c1nc(-c2cc(F)cc(F)c2)n2c1CN(C)CC2)C(C)(C)C. The molecule has 1 aliphatic rings. The normalized spacial score (nSPS) is 15.4. The minimum Gasteiger partial charge on any atom is -0.357 e. The van der Waals surface area contributed by atoms with Gasteiger partial charge < -0.3 is 15.2 Å². The molecule has 1 aromatic heterocycles. The average Bonchev–Trinajstić information content (AvgIpc) is 3.02. The minimum atomic E-state index is -0.774. The van der Waals surface area contributed by atoms with E-state index in [-0.39, 0.29) is 17.2 Å². The van der Waals surface area contributed by atoms with Crippen molar-refractivity contribution in [3.05, 3.63) is 41.2 Å². The van der Waals surface area contributed by atoms with Crippen LogP contribution < -0.4 is 10.6 Å². The molecule has 0 aliphatic carbocycles. The van der Waals surface area contributed by atoms with Gasteiger partial charge in [0.25, 0.3) is 5.91 Å². The highest BCUT2D eigenvalue weighted by molar-refractivity contribution is 5.97. The van der Waals surface area contributed by atoms with Crippen LogP contribution in [0.4, 0.5) is 8.78 Å². The van der Waals surface area contributed by atoms with Crippen molar-refractivity contribution in [1.82, 2.24) is 25.1 Å². The number of fused-ring (bicyclic) bond motifs is 1. The number of imidazole rings is 1. The number of nitrogens with one attached hydrogen (secondary N) is 2. The standard InChI is InChI=1S/C21H27F2N5O2/c1-21(2,3)17(20(30)24-4)26-19(29)16-15-11-27(5)6-7-28(15)18(25-16)12-8-13(22)10-14(23)9-12/h8-10,17H,6-7,11H2,1-5H3,(H,24,30)(H,26,29). The van der Waals surface area contributed by atoms with Crippen LogP contribution in [0.1, 0.15) is 37.0 Å². The van der Waals surface area contributed by atoms with Gasteiger partial charge in [-0.2, -0.15) is 0 Å². The van der Waals surface area contributed by atoms with Gasteiger partial charge in [0.15, 0.2) is 5.69 Å². The molecule has 0 radical (unpaired) electrons. The van der Waals surface area contributed by atoms with E-state index in [0.717, 1.165) is 6.07 Å². The number of amides is 2. The Balaban J connectivity index is 2.05. The summed E-state index contributed by atoms with van der Waals surface area (Å²) in [7, 11) is 3.43. The van der Waals surface area contributed by atoms with Gasteiger partial charge in [-0.3, -0.25) is 14.5 Å². The molecule has 2 amide bonds. The van der Waals surface area contributed by atoms with Crippen molar-refractivity contribution in [1.29, 1.82) is 0 Å². The quantitative estimate of drug-likeness (QED) is 0.796. The van der Waals surface area contributed by atoms with Crippen molar-refractivity contribution >= 4 is 11.8 Å². The van der Waals surface area contributed by atoms with E-state index >= 15 is 0 Å². The maximum absolute atomic E-state index is 13.8. The molecule has 1 atom stereocenters. The molecule has 0 fully saturated rings. The molecule has 2 heterocycles. The minimum absolute atomic E-state index is 0.152. The summed E-state index contributed by atoms with van der Waals surface area (Å²) in [5, 5.41) is 5.35. The van der Waals surface area contributed by atoms with Gasteiger partial charge in [-0.25, -0.2) is 13.8 Å². The molecule has 30 heavy (non-hydrogen) atoms. The second-order valence-corrected chi connectivity index (χ2v) is 8.67. The fourth-order valence-electron chi connectivity index (χ4n) is 3.60. The molecule has 1 aromatic carbocycles. The third-order valence-corrected chi connectivity index (χ3v) is 5.18. The third kappa shape index (κ3) is 4.35. The van der Waals surface area contributed by atoms with E-state index in [1.54, 1.807) is 0 Å². The van der Waals surface area contributed by atoms with Crippen LogP contribution in [-0.4, -0.2) is 52.9 Å². The first kappa shape index (κ1) is 21.9. The molecule has 3 rings (SSSR count). The Morgan fingerprint density at radius 3 is 2.33 bits per heavy atom. The van der Waals surface area contributed by atoms with Gasteiger partial charge in [0.2, 0.25) is 5.91 Å². The number of likely N-dealkylation sites (N-methyl/N-ethyl adjacent to an activating group) is 2. The number of rotatable bonds is 4. The monoisotopic (exact) mass is 419 g/mol. The lowest BCUT2D eigenvalue weighted by Gasteiger charge is -2.30. The highest BCUT2D eigenvalue weighted by atomic mass is 19.1. The van der Waals surface area contributed by atoms with E-state index in [9.17, 15) is 18.4 Å². The highest BCUT2D eigenvalue weighted by Crippen LogP contribution is 2.28. The maximum Gasteiger partial charge on any atom is 0.272 e. The molecule has 2 N–H and O–H groups in total. The van der Waals surface area contributed by atoms with Crippen LogP contribution in [0.25, 0.3) is 11.4 Å². The molecule has 0 saturated carbocycles. The Morgan fingerprint density at radius 1 is 1.13 bits per heavy atom.